The van der Waals surface area contributed by atoms with Crippen LogP contribution in [0.4, 0.5) is 5.13 Å². The molecular formula is C10H10N2OS2. The predicted octanol–water partition coefficient (Wildman–Crippen LogP) is 2.13. The highest BCUT2D eigenvalue weighted by molar-refractivity contribution is 7.84. The normalized spacial score (nSPS) is 12.6. The molecule has 0 amide bonds. The second-order valence-electron chi connectivity index (χ2n) is 3.05. The Hall–Kier alpha value is -1.20. The van der Waals surface area contributed by atoms with Gasteiger partial charge >= 0.3 is 0 Å². The van der Waals surface area contributed by atoms with Crippen LogP contribution < -0.4 is 5.73 Å². The molecule has 0 fully saturated rings. The first kappa shape index (κ1) is 10.3. The summed E-state index contributed by atoms with van der Waals surface area (Å²) in [4.78, 5) is 5.00. The van der Waals surface area contributed by atoms with Crippen molar-refractivity contribution in [2.75, 3.05) is 12.0 Å². The van der Waals surface area contributed by atoms with Gasteiger partial charge in [0.25, 0.3) is 0 Å². The third kappa shape index (κ3) is 2.24. The fourth-order valence-electron chi connectivity index (χ4n) is 1.24. The van der Waals surface area contributed by atoms with E-state index in [2.05, 4.69) is 4.98 Å². The predicted molar refractivity (Wildman–Crippen MR) is 64.3 cm³/mol. The van der Waals surface area contributed by atoms with Crippen molar-refractivity contribution in [1.29, 1.82) is 0 Å². The number of nitrogen functional groups attached to an aromatic ring is 1. The van der Waals surface area contributed by atoms with Crippen molar-refractivity contribution in [2.24, 2.45) is 0 Å². The van der Waals surface area contributed by atoms with Gasteiger partial charge in [0, 0.05) is 32.9 Å². The van der Waals surface area contributed by atoms with E-state index in [-0.39, 0.29) is 0 Å². The molecule has 15 heavy (non-hydrogen) atoms. The van der Waals surface area contributed by atoms with Crippen molar-refractivity contribution in [2.45, 2.75) is 4.90 Å². The summed E-state index contributed by atoms with van der Waals surface area (Å²) in [6, 6.07) is 7.51. The van der Waals surface area contributed by atoms with Crippen molar-refractivity contribution in [3.8, 4) is 11.3 Å². The maximum atomic E-state index is 11.2. The molecule has 0 aliphatic heterocycles. The maximum Gasteiger partial charge on any atom is 0.180 e. The lowest BCUT2D eigenvalue weighted by molar-refractivity contribution is 0.687. The van der Waals surface area contributed by atoms with Gasteiger partial charge in [-0.25, -0.2) is 4.98 Å². The first-order valence-electron chi connectivity index (χ1n) is 4.31. The van der Waals surface area contributed by atoms with Gasteiger partial charge in [-0.1, -0.05) is 12.1 Å². The summed E-state index contributed by atoms with van der Waals surface area (Å²) in [7, 11) is -0.931. The molecule has 1 aromatic carbocycles. The fourth-order valence-corrected chi connectivity index (χ4v) is 2.33. The van der Waals surface area contributed by atoms with Crippen LogP contribution in [-0.4, -0.2) is 15.4 Å². The minimum absolute atomic E-state index is 0.563. The lowest BCUT2D eigenvalue weighted by Crippen LogP contribution is -1.87. The molecular weight excluding hydrogens is 228 g/mol. The SMILES string of the molecule is CS(=O)c1ccc(-c2csc(N)n2)cc1. The van der Waals surface area contributed by atoms with E-state index in [9.17, 15) is 4.21 Å². The number of benzene rings is 1. The van der Waals surface area contributed by atoms with Crippen molar-refractivity contribution >= 4 is 27.3 Å². The van der Waals surface area contributed by atoms with E-state index in [4.69, 9.17) is 5.73 Å². The van der Waals surface area contributed by atoms with Gasteiger partial charge in [0.15, 0.2) is 5.13 Å². The van der Waals surface area contributed by atoms with Crippen LogP contribution in [0.1, 0.15) is 0 Å². The lowest BCUT2D eigenvalue weighted by atomic mass is 10.2. The number of hydrogen-bond acceptors (Lipinski definition) is 4. The molecule has 2 N–H and O–H groups in total. The number of nitrogens with zero attached hydrogens (tertiary/aromatic N) is 1. The zero-order chi connectivity index (χ0) is 10.8. The van der Waals surface area contributed by atoms with Crippen LogP contribution in [-0.2, 0) is 10.8 Å². The molecule has 0 radical (unpaired) electrons. The summed E-state index contributed by atoms with van der Waals surface area (Å²) in [5, 5.41) is 2.47. The van der Waals surface area contributed by atoms with Gasteiger partial charge in [0.05, 0.1) is 5.69 Å². The molecule has 2 rings (SSSR count). The van der Waals surface area contributed by atoms with E-state index in [1.165, 1.54) is 11.3 Å². The average Bonchev–Trinajstić information content (AvgIpc) is 2.65. The molecule has 0 spiro atoms. The molecule has 1 heterocycles. The largest absolute Gasteiger partial charge is 0.375 e. The van der Waals surface area contributed by atoms with Crippen LogP contribution in [0.25, 0.3) is 11.3 Å². The minimum Gasteiger partial charge on any atom is -0.375 e. The molecule has 0 saturated heterocycles. The Morgan fingerprint density at radius 1 is 1.33 bits per heavy atom. The maximum absolute atomic E-state index is 11.2. The summed E-state index contributed by atoms with van der Waals surface area (Å²) in [5.74, 6) is 0. The monoisotopic (exact) mass is 238 g/mol. The summed E-state index contributed by atoms with van der Waals surface area (Å²) >= 11 is 1.42. The van der Waals surface area contributed by atoms with Crippen molar-refractivity contribution in [1.82, 2.24) is 4.98 Å². The number of nitrogens with two attached hydrogens (primary N) is 1. The van der Waals surface area contributed by atoms with Gasteiger partial charge in [-0.3, -0.25) is 4.21 Å². The van der Waals surface area contributed by atoms with Crippen LogP contribution in [0, 0.1) is 0 Å². The van der Waals surface area contributed by atoms with Gasteiger partial charge in [0.1, 0.15) is 0 Å². The number of hydrogen-bond donors (Lipinski definition) is 1. The molecule has 0 aliphatic rings. The Kier molecular flexibility index (Phi) is 2.83. The summed E-state index contributed by atoms with van der Waals surface area (Å²) in [5.41, 5.74) is 7.42. The highest BCUT2D eigenvalue weighted by Gasteiger charge is 2.03. The van der Waals surface area contributed by atoms with Gasteiger partial charge in [0.2, 0.25) is 0 Å². The lowest BCUT2D eigenvalue weighted by Gasteiger charge is -1.98. The fraction of sp³-hybridized carbons (Fsp3) is 0.100. The Morgan fingerprint density at radius 2 is 2.00 bits per heavy atom. The van der Waals surface area contributed by atoms with E-state index >= 15 is 0 Å². The van der Waals surface area contributed by atoms with Crippen molar-refractivity contribution < 1.29 is 4.21 Å². The van der Waals surface area contributed by atoms with Gasteiger partial charge in [-0.05, 0) is 12.1 Å². The second kappa shape index (κ2) is 4.12. The number of thiazole rings is 1. The second-order valence-corrected chi connectivity index (χ2v) is 5.32. The topological polar surface area (TPSA) is 56.0 Å². The van der Waals surface area contributed by atoms with Crippen LogP contribution in [0.3, 0.4) is 0 Å². The smallest absolute Gasteiger partial charge is 0.180 e. The molecule has 5 heteroatoms. The van der Waals surface area contributed by atoms with Crippen molar-refractivity contribution in [3.63, 3.8) is 0 Å². The highest BCUT2D eigenvalue weighted by Crippen LogP contribution is 2.23. The number of aromatic nitrogens is 1. The zero-order valence-electron chi connectivity index (χ0n) is 8.14. The van der Waals surface area contributed by atoms with Crippen LogP contribution in [0.2, 0.25) is 0 Å². The molecule has 0 saturated carbocycles. The molecule has 3 nitrogen and oxygen atoms in total. The summed E-state index contributed by atoms with van der Waals surface area (Å²) in [6.45, 7) is 0. The van der Waals surface area contributed by atoms with Crippen molar-refractivity contribution in [3.05, 3.63) is 29.6 Å². The zero-order valence-corrected chi connectivity index (χ0v) is 9.77. The van der Waals surface area contributed by atoms with E-state index in [1.54, 1.807) is 6.26 Å². The van der Waals surface area contributed by atoms with E-state index in [0.29, 0.717) is 5.13 Å². The Bertz CT molecular complexity index is 490. The summed E-state index contributed by atoms with van der Waals surface area (Å²) in [6.07, 6.45) is 1.66. The van der Waals surface area contributed by atoms with Gasteiger partial charge in [-0.15, -0.1) is 11.3 Å². The Morgan fingerprint density at radius 3 is 2.47 bits per heavy atom. The average molecular weight is 238 g/mol. The van der Waals surface area contributed by atoms with Crippen LogP contribution >= 0.6 is 11.3 Å². The van der Waals surface area contributed by atoms with E-state index < -0.39 is 10.8 Å². The van der Waals surface area contributed by atoms with Gasteiger partial charge < -0.3 is 5.73 Å². The number of anilines is 1. The number of rotatable bonds is 2. The molecule has 1 aromatic heterocycles. The van der Waals surface area contributed by atoms with Crippen LogP contribution in [0.5, 0.6) is 0 Å². The molecule has 0 bridgehead atoms. The molecule has 1 atom stereocenters. The van der Waals surface area contributed by atoms with Gasteiger partial charge in [-0.2, -0.15) is 0 Å². The van der Waals surface area contributed by atoms with Crippen LogP contribution in [0.15, 0.2) is 34.5 Å². The molecule has 1 unspecified atom stereocenters. The Labute approximate surface area is 94.4 Å². The molecule has 0 aliphatic carbocycles. The van der Waals surface area contributed by atoms with E-state index in [0.717, 1.165) is 16.2 Å². The van der Waals surface area contributed by atoms with E-state index in [1.807, 2.05) is 29.6 Å². The quantitative estimate of drug-likeness (QED) is 0.872. The third-order valence-corrected chi connectivity index (χ3v) is 3.61. The summed E-state index contributed by atoms with van der Waals surface area (Å²) < 4.78 is 11.2. The third-order valence-electron chi connectivity index (χ3n) is 2.00. The highest BCUT2D eigenvalue weighted by atomic mass is 32.2. The first-order valence-corrected chi connectivity index (χ1v) is 6.75. The minimum atomic E-state index is -0.931. The molecule has 78 valence electrons. The Balaban J connectivity index is 2.35. The standard InChI is InChI=1S/C10H10N2OS2/c1-15(13)8-4-2-7(3-5-8)9-6-14-10(11)12-9/h2-6H,1H3,(H2,11,12). The molecule has 2 aromatic rings. The first-order chi connectivity index (χ1) is 7.16.